The lowest BCUT2D eigenvalue weighted by Crippen LogP contribution is -2.38. The third-order valence-corrected chi connectivity index (χ3v) is 4.87. The first-order valence-corrected chi connectivity index (χ1v) is 8.21. The van der Waals surface area contributed by atoms with Gasteiger partial charge < -0.3 is 19.7 Å². The molecule has 6 nitrogen and oxygen atoms in total. The summed E-state index contributed by atoms with van der Waals surface area (Å²) in [6.45, 7) is 0.635. The largest absolute Gasteiger partial charge is 0.454 e. The summed E-state index contributed by atoms with van der Waals surface area (Å²) in [7, 11) is 0. The highest BCUT2D eigenvalue weighted by molar-refractivity contribution is 6.00. The van der Waals surface area contributed by atoms with Crippen LogP contribution in [-0.4, -0.2) is 31.2 Å². The highest BCUT2D eigenvalue weighted by Crippen LogP contribution is 2.37. The summed E-state index contributed by atoms with van der Waals surface area (Å²) in [6.07, 6.45) is 4.74. The number of nitrogens with one attached hydrogen (secondary N) is 1. The van der Waals surface area contributed by atoms with Gasteiger partial charge >= 0.3 is 0 Å². The van der Waals surface area contributed by atoms with E-state index >= 15 is 0 Å². The summed E-state index contributed by atoms with van der Waals surface area (Å²) in [5.41, 5.74) is 0.760. The quantitative estimate of drug-likeness (QED) is 0.924. The molecule has 6 heteroatoms. The fourth-order valence-corrected chi connectivity index (χ4v) is 3.58. The highest BCUT2D eigenvalue weighted by atomic mass is 16.7. The minimum Gasteiger partial charge on any atom is -0.454 e. The zero-order valence-corrected chi connectivity index (χ0v) is 12.9. The van der Waals surface area contributed by atoms with Gasteiger partial charge in [-0.25, -0.2) is 0 Å². The van der Waals surface area contributed by atoms with Gasteiger partial charge in [-0.3, -0.25) is 9.59 Å². The number of ether oxygens (including phenoxy) is 2. The maximum Gasteiger partial charge on any atom is 0.231 e. The van der Waals surface area contributed by atoms with Gasteiger partial charge in [-0.2, -0.15) is 0 Å². The normalized spacial score (nSPS) is 23.6. The molecule has 1 N–H and O–H groups in total. The molecule has 2 heterocycles. The van der Waals surface area contributed by atoms with E-state index in [0.29, 0.717) is 18.0 Å². The number of nitrogens with zero attached hydrogens (tertiary/aromatic N) is 1. The van der Waals surface area contributed by atoms with Crippen LogP contribution in [0.5, 0.6) is 11.5 Å². The van der Waals surface area contributed by atoms with Gasteiger partial charge in [0, 0.05) is 30.8 Å². The average Bonchev–Trinajstić information content (AvgIpc) is 3.26. The summed E-state index contributed by atoms with van der Waals surface area (Å²) in [5, 5.41) is 3.09. The van der Waals surface area contributed by atoms with Crippen LogP contribution in [0.3, 0.4) is 0 Å². The fourth-order valence-electron chi connectivity index (χ4n) is 3.58. The van der Waals surface area contributed by atoms with Crippen molar-refractivity contribution in [1.82, 2.24) is 5.32 Å². The van der Waals surface area contributed by atoms with E-state index in [0.717, 1.165) is 18.5 Å². The molecule has 1 unspecified atom stereocenters. The van der Waals surface area contributed by atoms with Gasteiger partial charge in [-0.1, -0.05) is 12.8 Å². The second kappa shape index (κ2) is 5.76. The number of carbonyl (C=O) groups excluding carboxylic acids is 2. The maximum absolute atomic E-state index is 12.4. The molecule has 1 aromatic carbocycles. The van der Waals surface area contributed by atoms with Crippen molar-refractivity contribution in [1.29, 1.82) is 0 Å². The van der Waals surface area contributed by atoms with Crippen LogP contribution in [0, 0.1) is 5.92 Å². The molecule has 3 aliphatic rings. The predicted molar refractivity (Wildman–Crippen MR) is 83.4 cm³/mol. The lowest BCUT2D eigenvalue weighted by molar-refractivity contribution is -0.126. The Labute approximate surface area is 134 Å². The van der Waals surface area contributed by atoms with Crippen LogP contribution in [-0.2, 0) is 9.59 Å². The molecule has 2 amide bonds. The molecule has 2 fully saturated rings. The van der Waals surface area contributed by atoms with Crippen LogP contribution in [0.4, 0.5) is 5.69 Å². The summed E-state index contributed by atoms with van der Waals surface area (Å²) in [5.74, 6) is 1.06. The Hall–Kier alpha value is -2.24. The van der Waals surface area contributed by atoms with Crippen LogP contribution in [0.15, 0.2) is 18.2 Å². The predicted octanol–water partition coefficient (Wildman–Crippen LogP) is 1.83. The Morgan fingerprint density at radius 3 is 2.78 bits per heavy atom. The molecule has 4 rings (SSSR count). The zero-order valence-electron chi connectivity index (χ0n) is 12.9. The Kier molecular flexibility index (Phi) is 3.59. The molecule has 23 heavy (non-hydrogen) atoms. The third kappa shape index (κ3) is 2.73. The Morgan fingerprint density at radius 1 is 1.17 bits per heavy atom. The van der Waals surface area contributed by atoms with Crippen molar-refractivity contribution in [3.05, 3.63) is 18.2 Å². The van der Waals surface area contributed by atoms with Crippen molar-refractivity contribution in [2.75, 3.05) is 18.2 Å². The van der Waals surface area contributed by atoms with Crippen molar-refractivity contribution < 1.29 is 19.1 Å². The number of rotatable bonds is 3. The van der Waals surface area contributed by atoms with Crippen molar-refractivity contribution >= 4 is 17.5 Å². The second-order valence-corrected chi connectivity index (χ2v) is 6.43. The Morgan fingerprint density at radius 2 is 1.96 bits per heavy atom. The molecule has 122 valence electrons. The lowest BCUT2D eigenvalue weighted by atomic mass is 10.1. The van der Waals surface area contributed by atoms with E-state index in [4.69, 9.17) is 9.47 Å². The van der Waals surface area contributed by atoms with Gasteiger partial charge in [-0.05, 0) is 25.0 Å². The molecule has 2 aliphatic heterocycles. The van der Waals surface area contributed by atoms with Gasteiger partial charge in [-0.15, -0.1) is 0 Å². The monoisotopic (exact) mass is 316 g/mol. The van der Waals surface area contributed by atoms with Crippen LogP contribution >= 0.6 is 0 Å². The van der Waals surface area contributed by atoms with Gasteiger partial charge in [0.05, 0.1) is 5.92 Å². The second-order valence-electron chi connectivity index (χ2n) is 6.43. The van der Waals surface area contributed by atoms with E-state index < -0.39 is 0 Å². The van der Waals surface area contributed by atoms with E-state index in [1.54, 1.807) is 17.0 Å². The number of benzene rings is 1. The van der Waals surface area contributed by atoms with Crippen LogP contribution in [0.25, 0.3) is 0 Å². The first kappa shape index (κ1) is 14.4. The average molecular weight is 316 g/mol. The molecule has 1 aromatic rings. The van der Waals surface area contributed by atoms with Gasteiger partial charge in [0.1, 0.15) is 0 Å². The summed E-state index contributed by atoms with van der Waals surface area (Å²) >= 11 is 0. The first-order chi connectivity index (χ1) is 11.2. The Balaban J connectivity index is 1.44. The van der Waals surface area contributed by atoms with Gasteiger partial charge in [0.2, 0.25) is 18.6 Å². The standard InChI is InChI=1S/C17H20N2O4/c20-16-7-11(17(21)18-12-3-1-2-4-12)9-19(16)13-5-6-14-15(8-13)23-10-22-14/h5-6,8,11-12H,1-4,7,9-10H2,(H,18,21). The molecule has 1 saturated heterocycles. The Bertz CT molecular complexity index is 639. The van der Waals surface area contributed by atoms with Crippen molar-refractivity contribution in [2.45, 2.75) is 38.1 Å². The number of carbonyl (C=O) groups is 2. The van der Waals surface area contributed by atoms with Crippen LogP contribution in [0.2, 0.25) is 0 Å². The first-order valence-electron chi connectivity index (χ1n) is 8.21. The molecule has 0 spiro atoms. The van der Waals surface area contributed by atoms with Crippen LogP contribution in [0.1, 0.15) is 32.1 Å². The van der Waals surface area contributed by atoms with E-state index in [1.165, 1.54) is 12.8 Å². The molecule has 1 atom stereocenters. The molecule has 0 aromatic heterocycles. The fraction of sp³-hybridized carbons (Fsp3) is 0.529. The number of hydrogen-bond acceptors (Lipinski definition) is 4. The van der Waals surface area contributed by atoms with Crippen molar-refractivity contribution in [2.24, 2.45) is 5.92 Å². The van der Waals surface area contributed by atoms with Crippen molar-refractivity contribution in [3.8, 4) is 11.5 Å². The maximum atomic E-state index is 12.4. The highest BCUT2D eigenvalue weighted by Gasteiger charge is 2.36. The minimum absolute atomic E-state index is 0.00786. The van der Waals surface area contributed by atoms with E-state index in [9.17, 15) is 9.59 Å². The molecule has 0 radical (unpaired) electrons. The SMILES string of the molecule is O=C(NC1CCCC1)C1CC(=O)N(c2ccc3c(c2)OCO3)C1. The third-order valence-electron chi connectivity index (χ3n) is 4.87. The molecule has 1 saturated carbocycles. The van der Waals surface area contributed by atoms with E-state index in [1.807, 2.05) is 6.07 Å². The van der Waals surface area contributed by atoms with Crippen molar-refractivity contribution in [3.63, 3.8) is 0 Å². The number of amides is 2. The van der Waals surface area contributed by atoms with Gasteiger partial charge in [0.15, 0.2) is 11.5 Å². The molecular formula is C17H20N2O4. The summed E-state index contributed by atoms with van der Waals surface area (Å²) < 4.78 is 10.6. The summed E-state index contributed by atoms with van der Waals surface area (Å²) in [6, 6.07) is 5.73. The zero-order chi connectivity index (χ0) is 15.8. The minimum atomic E-state index is -0.270. The number of anilines is 1. The van der Waals surface area contributed by atoms with Crippen LogP contribution < -0.4 is 19.7 Å². The topological polar surface area (TPSA) is 67.9 Å². The molecule has 0 bridgehead atoms. The lowest BCUT2D eigenvalue weighted by Gasteiger charge is -2.18. The van der Waals surface area contributed by atoms with E-state index in [2.05, 4.69) is 5.32 Å². The smallest absolute Gasteiger partial charge is 0.231 e. The van der Waals surface area contributed by atoms with Gasteiger partial charge in [0.25, 0.3) is 0 Å². The molecule has 1 aliphatic carbocycles. The number of fused-ring (bicyclic) bond motifs is 1. The summed E-state index contributed by atoms with van der Waals surface area (Å²) in [4.78, 5) is 26.3. The molecular weight excluding hydrogens is 296 g/mol. The number of hydrogen-bond donors (Lipinski definition) is 1. The van der Waals surface area contributed by atoms with E-state index in [-0.39, 0.29) is 37.0 Å².